The van der Waals surface area contributed by atoms with Gasteiger partial charge in [-0.15, -0.1) is 0 Å². The van der Waals surface area contributed by atoms with Crippen molar-refractivity contribution in [3.05, 3.63) is 108 Å². The number of carbonyl (C=O) groups excluding carboxylic acids is 3. The number of rotatable bonds is 6. The SMILES string of the molecule is CC(C)C1N(C(=O)C2CCCCN(C(=O)OCc3ccccc3)C2)C(=O)OC1(c1ccccc1)c1ccccc1. The number of benzene rings is 3. The fraction of sp³-hybridized carbons (Fsp3) is 0.364. The summed E-state index contributed by atoms with van der Waals surface area (Å²) in [5.41, 5.74) is 1.38. The van der Waals surface area contributed by atoms with Gasteiger partial charge >= 0.3 is 12.2 Å². The Bertz CT molecular complexity index is 1270. The molecule has 0 saturated carbocycles. The summed E-state index contributed by atoms with van der Waals surface area (Å²) in [6.45, 7) is 4.89. The minimum Gasteiger partial charge on any atom is -0.445 e. The molecule has 3 amide bonds. The lowest BCUT2D eigenvalue weighted by Crippen LogP contribution is -2.52. The van der Waals surface area contributed by atoms with Gasteiger partial charge in [0.05, 0.1) is 12.0 Å². The van der Waals surface area contributed by atoms with Crippen LogP contribution in [0.3, 0.4) is 0 Å². The van der Waals surface area contributed by atoms with Crippen molar-refractivity contribution in [3.63, 3.8) is 0 Å². The molecule has 2 aliphatic heterocycles. The molecule has 2 saturated heterocycles. The molecule has 3 aromatic carbocycles. The Labute approximate surface area is 235 Å². The smallest absolute Gasteiger partial charge is 0.418 e. The summed E-state index contributed by atoms with van der Waals surface area (Å²) in [4.78, 5) is 43.8. The van der Waals surface area contributed by atoms with Crippen LogP contribution in [0, 0.1) is 11.8 Å². The van der Waals surface area contributed by atoms with Crippen molar-refractivity contribution < 1.29 is 23.9 Å². The molecule has 208 valence electrons. The number of nitrogens with zero attached hydrogens (tertiary/aromatic N) is 2. The van der Waals surface area contributed by atoms with Gasteiger partial charge in [-0.1, -0.05) is 111 Å². The Balaban J connectivity index is 1.42. The minimum atomic E-state index is -1.15. The molecule has 2 aliphatic rings. The van der Waals surface area contributed by atoms with E-state index < -0.39 is 29.7 Å². The molecule has 2 unspecified atom stereocenters. The van der Waals surface area contributed by atoms with Crippen molar-refractivity contribution >= 4 is 18.1 Å². The molecule has 2 heterocycles. The maximum atomic E-state index is 14.2. The van der Waals surface area contributed by atoms with Crippen LogP contribution in [0.15, 0.2) is 91.0 Å². The van der Waals surface area contributed by atoms with Gasteiger partial charge in [0.25, 0.3) is 0 Å². The summed E-state index contributed by atoms with van der Waals surface area (Å²) in [6.07, 6.45) is 1.02. The summed E-state index contributed by atoms with van der Waals surface area (Å²) in [5.74, 6) is -0.948. The van der Waals surface area contributed by atoms with Crippen molar-refractivity contribution in [1.29, 1.82) is 0 Å². The van der Waals surface area contributed by atoms with Crippen LogP contribution in [0.4, 0.5) is 9.59 Å². The van der Waals surface area contributed by atoms with Crippen LogP contribution in [0.5, 0.6) is 0 Å². The first-order chi connectivity index (χ1) is 19.4. The van der Waals surface area contributed by atoms with Crippen molar-refractivity contribution in [2.24, 2.45) is 11.8 Å². The fourth-order valence-electron chi connectivity index (χ4n) is 6.05. The number of likely N-dealkylation sites (tertiary alicyclic amines) is 1. The van der Waals surface area contributed by atoms with E-state index in [1.165, 1.54) is 4.90 Å². The second-order valence-corrected chi connectivity index (χ2v) is 10.9. The van der Waals surface area contributed by atoms with Gasteiger partial charge in [0, 0.05) is 24.2 Å². The molecular formula is C33H36N2O5. The third-order valence-corrected chi connectivity index (χ3v) is 7.90. The maximum Gasteiger partial charge on any atom is 0.418 e. The largest absolute Gasteiger partial charge is 0.445 e. The first-order valence-corrected chi connectivity index (χ1v) is 14.0. The van der Waals surface area contributed by atoms with Gasteiger partial charge in [0.1, 0.15) is 6.61 Å². The lowest BCUT2D eigenvalue weighted by molar-refractivity contribution is -0.135. The third-order valence-electron chi connectivity index (χ3n) is 7.90. The number of cyclic esters (lactones) is 1. The maximum absolute atomic E-state index is 14.2. The zero-order chi connectivity index (χ0) is 28.1. The van der Waals surface area contributed by atoms with E-state index in [0.29, 0.717) is 13.0 Å². The standard InChI is InChI=1S/C33H36N2O5/c1-24(2)29-33(27-17-8-4-9-18-27,28-19-10-5-11-20-28)40-32(38)35(29)30(36)26-16-12-13-21-34(22-26)31(37)39-23-25-14-6-3-7-15-25/h3-11,14-15,17-20,24,26,29H,12-13,16,21-23H2,1-2H3. The monoisotopic (exact) mass is 540 g/mol. The molecule has 5 rings (SSSR count). The average molecular weight is 541 g/mol. The second-order valence-electron chi connectivity index (χ2n) is 10.9. The number of ether oxygens (including phenoxy) is 2. The summed E-state index contributed by atoms with van der Waals surface area (Å²) in [5, 5.41) is 0. The van der Waals surface area contributed by atoms with Crippen molar-refractivity contribution in [2.45, 2.75) is 51.4 Å². The van der Waals surface area contributed by atoms with Crippen molar-refractivity contribution in [3.8, 4) is 0 Å². The van der Waals surface area contributed by atoms with Crippen molar-refractivity contribution in [1.82, 2.24) is 9.80 Å². The van der Waals surface area contributed by atoms with E-state index in [-0.39, 0.29) is 25.0 Å². The Morgan fingerprint density at radius 1 is 0.900 bits per heavy atom. The van der Waals surface area contributed by atoms with Gasteiger partial charge in [0.2, 0.25) is 5.91 Å². The molecule has 0 N–H and O–H groups in total. The van der Waals surface area contributed by atoms with Crippen LogP contribution >= 0.6 is 0 Å². The van der Waals surface area contributed by atoms with Gasteiger partial charge in [-0.3, -0.25) is 4.79 Å². The number of amides is 3. The topological polar surface area (TPSA) is 76.2 Å². The molecule has 0 aliphatic carbocycles. The Hall–Kier alpha value is -4.13. The molecule has 2 atom stereocenters. The zero-order valence-electron chi connectivity index (χ0n) is 23.1. The lowest BCUT2D eigenvalue weighted by Gasteiger charge is -2.38. The summed E-state index contributed by atoms with van der Waals surface area (Å²) in [6, 6.07) is 28.2. The molecular weight excluding hydrogens is 504 g/mol. The lowest BCUT2D eigenvalue weighted by atomic mass is 9.75. The highest BCUT2D eigenvalue weighted by Gasteiger charge is 2.60. The molecule has 0 bridgehead atoms. The average Bonchev–Trinajstić information content (AvgIpc) is 3.12. The molecule has 3 aromatic rings. The molecule has 0 spiro atoms. The highest BCUT2D eigenvalue weighted by atomic mass is 16.6. The van der Waals surface area contributed by atoms with E-state index >= 15 is 0 Å². The first kappa shape index (κ1) is 27.4. The molecule has 40 heavy (non-hydrogen) atoms. The van der Waals surface area contributed by atoms with E-state index in [2.05, 4.69) is 0 Å². The number of imide groups is 1. The van der Waals surface area contributed by atoms with Crippen LogP contribution in [-0.4, -0.2) is 47.0 Å². The highest BCUT2D eigenvalue weighted by molar-refractivity contribution is 5.96. The minimum absolute atomic E-state index is 0.103. The van der Waals surface area contributed by atoms with Crippen molar-refractivity contribution in [2.75, 3.05) is 13.1 Å². The molecule has 0 aromatic heterocycles. The molecule has 2 fully saturated rings. The molecule has 7 nitrogen and oxygen atoms in total. The van der Waals surface area contributed by atoms with Crippen LogP contribution in [0.2, 0.25) is 0 Å². The van der Waals surface area contributed by atoms with Crippen LogP contribution in [-0.2, 0) is 26.5 Å². The summed E-state index contributed by atoms with van der Waals surface area (Å²) >= 11 is 0. The second kappa shape index (κ2) is 11.9. The normalized spacial score (nSPS) is 20.6. The van der Waals surface area contributed by atoms with Gasteiger partial charge in [-0.05, 0) is 24.3 Å². The number of carbonyl (C=O) groups is 3. The van der Waals surface area contributed by atoms with Gasteiger partial charge in [-0.2, -0.15) is 0 Å². The fourth-order valence-corrected chi connectivity index (χ4v) is 6.05. The predicted molar refractivity (Wildman–Crippen MR) is 151 cm³/mol. The van der Waals surface area contributed by atoms with Gasteiger partial charge in [-0.25, -0.2) is 14.5 Å². The highest BCUT2D eigenvalue weighted by Crippen LogP contribution is 2.47. The van der Waals surface area contributed by atoms with E-state index in [9.17, 15) is 14.4 Å². The Morgan fingerprint density at radius 2 is 1.48 bits per heavy atom. The Morgan fingerprint density at radius 3 is 2.05 bits per heavy atom. The molecule has 0 radical (unpaired) electrons. The molecule has 7 heteroatoms. The predicted octanol–water partition coefficient (Wildman–Crippen LogP) is 6.37. The van der Waals surface area contributed by atoms with E-state index in [4.69, 9.17) is 9.47 Å². The number of hydrogen-bond acceptors (Lipinski definition) is 5. The Kier molecular flexibility index (Phi) is 8.19. The third kappa shape index (κ3) is 5.33. The quantitative estimate of drug-likeness (QED) is 0.363. The number of hydrogen-bond donors (Lipinski definition) is 0. The zero-order valence-corrected chi connectivity index (χ0v) is 23.1. The van der Waals surface area contributed by atoms with Crippen LogP contribution in [0.1, 0.15) is 49.8 Å². The van der Waals surface area contributed by atoms with E-state index in [0.717, 1.165) is 29.5 Å². The summed E-state index contributed by atoms with van der Waals surface area (Å²) in [7, 11) is 0. The summed E-state index contributed by atoms with van der Waals surface area (Å²) < 4.78 is 11.8. The van der Waals surface area contributed by atoms with Gasteiger partial charge < -0.3 is 14.4 Å². The van der Waals surface area contributed by atoms with Gasteiger partial charge in [0.15, 0.2) is 5.60 Å². The first-order valence-electron chi connectivity index (χ1n) is 14.0. The van der Waals surface area contributed by atoms with E-state index in [1.807, 2.05) is 105 Å². The van der Waals surface area contributed by atoms with Crippen LogP contribution in [0.25, 0.3) is 0 Å². The van der Waals surface area contributed by atoms with Crippen LogP contribution < -0.4 is 0 Å². The van der Waals surface area contributed by atoms with E-state index in [1.54, 1.807) is 4.90 Å².